The van der Waals surface area contributed by atoms with Gasteiger partial charge in [0, 0.05) is 29.4 Å². The minimum atomic E-state index is -0.710. The molecule has 4 heterocycles. The Morgan fingerprint density at radius 2 is 1.94 bits per heavy atom. The molecule has 6 rings (SSSR count). The van der Waals surface area contributed by atoms with Crippen LogP contribution in [0.5, 0.6) is 0 Å². The van der Waals surface area contributed by atoms with E-state index in [1.807, 2.05) is 26.1 Å². The average Bonchev–Trinajstić information content (AvgIpc) is 3.47. The van der Waals surface area contributed by atoms with E-state index in [0.717, 1.165) is 27.6 Å². The maximum atomic E-state index is 14.5. The summed E-state index contributed by atoms with van der Waals surface area (Å²) in [7, 11) is 0. The van der Waals surface area contributed by atoms with Crippen LogP contribution in [-0.4, -0.2) is 37.5 Å². The highest BCUT2D eigenvalue weighted by atomic mass is 35.5. The van der Waals surface area contributed by atoms with Gasteiger partial charge >= 0.3 is 0 Å². The Bertz CT molecular complexity index is 1470. The molecule has 0 N–H and O–H groups in total. The fourth-order valence-electron chi connectivity index (χ4n) is 5.13. The van der Waals surface area contributed by atoms with Gasteiger partial charge in [0.05, 0.1) is 16.5 Å². The Labute approximate surface area is 205 Å². The highest BCUT2D eigenvalue weighted by Gasteiger charge is 2.50. The molecule has 3 aromatic heterocycles. The van der Waals surface area contributed by atoms with E-state index in [2.05, 4.69) is 25.6 Å². The van der Waals surface area contributed by atoms with E-state index >= 15 is 0 Å². The monoisotopic (exact) mass is 498 g/mol. The van der Waals surface area contributed by atoms with Crippen molar-refractivity contribution in [1.82, 2.24) is 19.5 Å². The summed E-state index contributed by atoms with van der Waals surface area (Å²) in [6, 6.07) is 5.15. The maximum Gasteiger partial charge on any atom is 0.164 e. The molecular formula is C25H21Cl2FN4O2. The first-order valence-corrected chi connectivity index (χ1v) is 11.8. The molecule has 3 atom stereocenters. The summed E-state index contributed by atoms with van der Waals surface area (Å²) in [6.45, 7) is 3.84. The number of halogens is 3. The second-order valence-electron chi connectivity index (χ2n) is 9.13. The van der Waals surface area contributed by atoms with Crippen LogP contribution < -0.4 is 0 Å². The topological polar surface area (TPSA) is 62.1 Å². The smallest absolute Gasteiger partial charge is 0.164 e. The van der Waals surface area contributed by atoms with E-state index in [1.165, 1.54) is 6.33 Å². The second kappa shape index (κ2) is 7.99. The lowest BCUT2D eigenvalue weighted by Crippen LogP contribution is -2.27. The third-order valence-corrected chi connectivity index (χ3v) is 7.17. The van der Waals surface area contributed by atoms with Crippen molar-refractivity contribution in [2.45, 2.75) is 50.7 Å². The van der Waals surface area contributed by atoms with Gasteiger partial charge in [-0.15, -0.1) is 0 Å². The van der Waals surface area contributed by atoms with Crippen molar-refractivity contribution in [3.05, 3.63) is 76.3 Å². The highest BCUT2D eigenvalue weighted by Crippen LogP contribution is 2.45. The summed E-state index contributed by atoms with van der Waals surface area (Å²) in [6.07, 6.45) is 9.83. The van der Waals surface area contributed by atoms with Gasteiger partial charge in [0.1, 0.15) is 35.2 Å². The Hall–Kier alpha value is -2.58. The Morgan fingerprint density at radius 1 is 1.09 bits per heavy atom. The van der Waals surface area contributed by atoms with Crippen molar-refractivity contribution >= 4 is 45.0 Å². The Kier molecular flexibility index (Phi) is 5.15. The van der Waals surface area contributed by atoms with E-state index in [1.54, 1.807) is 24.5 Å². The largest absolute Gasteiger partial charge is 0.342 e. The summed E-state index contributed by atoms with van der Waals surface area (Å²) in [5.74, 6) is -1.13. The van der Waals surface area contributed by atoms with Crippen molar-refractivity contribution in [3.8, 4) is 0 Å². The van der Waals surface area contributed by atoms with Crippen LogP contribution in [0.25, 0.3) is 21.8 Å². The molecule has 1 aliphatic carbocycles. The van der Waals surface area contributed by atoms with E-state index in [9.17, 15) is 4.39 Å². The number of hydrogen-bond donors (Lipinski definition) is 0. The summed E-state index contributed by atoms with van der Waals surface area (Å²) in [4.78, 5) is 12.7. The summed E-state index contributed by atoms with van der Waals surface area (Å²) < 4.78 is 29.2. The summed E-state index contributed by atoms with van der Waals surface area (Å²) in [5.41, 5.74) is 2.82. The zero-order valence-corrected chi connectivity index (χ0v) is 20.0. The van der Waals surface area contributed by atoms with Gasteiger partial charge in [0.25, 0.3) is 0 Å². The van der Waals surface area contributed by atoms with E-state index in [0.29, 0.717) is 23.4 Å². The molecule has 0 saturated carbocycles. The lowest BCUT2D eigenvalue weighted by Gasteiger charge is -2.22. The lowest BCUT2D eigenvalue weighted by molar-refractivity contribution is -0.147. The van der Waals surface area contributed by atoms with E-state index in [4.69, 9.17) is 32.7 Å². The van der Waals surface area contributed by atoms with Crippen LogP contribution in [0.1, 0.15) is 31.9 Å². The molecule has 174 valence electrons. The van der Waals surface area contributed by atoms with Crippen LogP contribution in [0.4, 0.5) is 4.39 Å². The molecule has 0 spiro atoms. The van der Waals surface area contributed by atoms with Crippen molar-refractivity contribution in [3.63, 3.8) is 0 Å². The fourth-order valence-corrected chi connectivity index (χ4v) is 5.55. The molecule has 1 saturated heterocycles. The van der Waals surface area contributed by atoms with Crippen LogP contribution in [0, 0.1) is 5.82 Å². The van der Waals surface area contributed by atoms with Gasteiger partial charge in [-0.2, -0.15) is 0 Å². The van der Waals surface area contributed by atoms with Gasteiger partial charge in [0.2, 0.25) is 0 Å². The first-order valence-electron chi connectivity index (χ1n) is 11.1. The van der Waals surface area contributed by atoms with Gasteiger partial charge in [-0.3, -0.25) is 4.98 Å². The van der Waals surface area contributed by atoms with Gasteiger partial charge in [0.15, 0.2) is 5.79 Å². The van der Waals surface area contributed by atoms with Crippen LogP contribution in [-0.2, 0) is 15.9 Å². The summed E-state index contributed by atoms with van der Waals surface area (Å²) in [5, 5.41) is 2.57. The number of nitrogens with zero attached hydrogens (tertiary/aromatic N) is 4. The average molecular weight is 499 g/mol. The van der Waals surface area contributed by atoms with Crippen molar-refractivity contribution < 1.29 is 13.9 Å². The molecule has 1 aliphatic heterocycles. The fraction of sp³-hybridized carbons (Fsp3) is 0.320. The number of pyridine rings is 1. The minimum Gasteiger partial charge on any atom is -0.342 e. The van der Waals surface area contributed by atoms with Gasteiger partial charge in [-0.05, 0) is 56.0 Å². The number of ether oxygens (including phenoxy) is 2. The maximum absolute atomic E-state index is 14.5. The number of aromatic nitrogens is 4. The number of aryl methyl sites for hydroxylation is 1. The third-order valence-electron chi connectivity index (χ3n) is 6.59. The zero-order valence-electron chi connectivity index (χ0n) is 18.5. The number of fused-ring (bicyclic) bond motifs is 3. The molecule has 9 heteroatoms. The molecule has 0 unspecified atom stereocenters. The summed E-state index contributed by atoms with van der Waals surface area (Å²) >= 11 is 12.5. The van der Waals surface area contributed by atoms with Gasteiger partial charge in [-0.25, -0.2) is 14.4 Å². The molecular weight excluding hydrogens is 478 g/mol. The molecule has 34 heavy (non-hydrogen) atoms. The molecule has 4 aromatic rings. The molecule has 1 aromatic carbocycles. The van der Waals surface area contributed by atoms with E-state index in [-0.39, 0.29) is 23.3 Å². The first-order chi connectivity index (χ1) is 16.3. The molecule has 0 bridgehead atoms. The van der Waals surface area contributed by atoms with E-state index < -0.39 is 11.6 Å². The minimum absolute atomic E-state index is 0.111. The normalized spacial score (nSPS) is 23.6. The van der Waals surface area contributed by atoms with Gasteiger partial charge in [-0.1, -0.05) is 29.3 Å². The van der Waals surface area contributed by atoms with Crippen LogP contribution >= 0.6 is 23.2 Å². The van der Waals surface area contributed by atoms with Crippen molar-refractivity contribution in [1.29, 1.82) is 0 Å². The predicted octanol–water partition coefficient (Wildman–Crippen LogP) is 6.06. The van der Waals surface area contributed by atoms with Crippen LogP contribution in [0.15, 0.2) is 54.8 Å². The molecule has 0 amide bonds. The second-order valence-corrected chi connectivity index (χ2v) is 9.90. The van der Waals surface area contributed by atoms with Crippen molar-refractivity contribution in [2.24, 2.45) is 0 Å². The standard InChI is InChI=1S/C25H21Cl2FN4O2/c1-25(2)33-21-14(4-3-13-9-18(26)20(28)15-5-7-29-11-17(13)15)10-19(22(21)34-25)32-8-6-16-23(27)30-12-31-24(16)32/h5-12,19,21-22H,3-4H2,1-2H3/t19-,21-,22+/m1/s1. The Balaban J connectivity index is 1.36. The zero-order chi connectivity index (χ0) is 23.6. The third kappa shape index (κ3) is 3.50. The Morgan fingerprint density at radius 3 is 2.79 bits per heavy atom. The number of rotatable bonds is 4. The highest BCUT2D eigenvalue weighted by molar-refractivity contribution is 6.34. The van der Waals surface area contributed by atoms with Crippen LogP contribution in [0.2, 0.25) is 10.2 Å². The molecule has 0 radical (unpaired) electrons. The molecule has 2 aliphatic rings. The molecule has 1 fully saturated rings. The quantitative estimate of drug-likeness (QED) is 0.252. The number of benzene rings is 1. The predicted molar refractivity (Wildman–Crippen MR) is 129 cm³/mol. The lowest BCUT2D eigenvalue weighted by atomic mass is 9.98. The molecule has 6 nitrogen and oxygen atoms in total. The first kappa shape index (κ1) is 21.9. The number of hydrogen-bond acceptors (Lipinski definition) is 5. The SMILES string of the molecule is CC1(C)O[C@@H]2[C@H](O1)C(CCc1cc(Cl)c(F)c3ccncc13)=C[C@H]2n1ccc2c(Cl)ncnc21. The van der Waals surface area contributed by atoms with Crippen molar-refractivity contribution in [2.75, 3.05) is 0 Å². The van der Waals surface area contributed by atoms with Crippen LogP contribution in [0.3, 0.4) is 0 Å². The van der Waals surface area contributed by atoms with Gasteiger partial charge < -0.3 is 14.0 Å².